The van der Waals surface area contributed by atoms with Crippen LogP contribution in [0.4, 0.5) is 0 Å². The first-order valence-corrected chi connectivity index (χ1v) is 9.69. The molecule has 158 valence electrons. The quantitative estimate of drug-likeness (QED) is 0.643. The molecule has 0 amide bonds. The number of methoxy groups -OCH3 is 6. The van der Waals surface area contributed by atoms with Gasteiger partial charge in [-0.2, -0.15) is 0 Å². The third-order valence-corrected chi connectivity index (χ3v) is 5.89. The summed E-state index contributed by atoms with van der Waals surface area (Å²) in [6.45, 7) is 0. The van der Waals surface area contributed by atoms with Gasteiger partial charge in [0.25, 0.3) is 0 Å². The van der Waals surface area contributed by atoms with Gasteiger partial charge in [-0.1, -0.05) is 12.8 Å². The summed E-state index contributed by atoms with van der Waals surface area (Å²) in [5.41, 5.74) is 2.04. The number of ether oxygens (including phenoxy) is 6. The summed E-state index contributed by atoms with van der Waals surface area (Å²) < 4.78 is 33.5. The van der Waals surface area contributed by atoms with E-state index in [2.05, 4.69) is 24.3 Å². The third kappa shape index (κ3) is 3.52. The summed E-state index contributed by atoms with van der Waals surface area (Å²) in [5, 5.41) is 0. The van der Waals surface area contributed by atoms with Gasteiger partial charge in [-0.3, -0.25) is 0 Å². The molecule has 6 nitrogen and oxygen atoms in total. The molecule has 1 fully saturated rings. The van der Waals surface area contributed by atoms with Crippen LogP contribution in [0.15, 0.2) is 24.3 Å². The highest BCUT2D eigenvalue weighted by Crippen LogP contribution is 2.53. The largest absolute Gasteiger partial charge is 0.493 e. The van der Waals surface area contributed by atoms with Crippen LogP contribution in [-0.4, -0.2) is 42.7 Å². The summed E-state index contributed by atoms with van der Waals surface area (Å²) >= 11 is 0. The highest BCUT2D eigenvalue weighted by Gasteiger charge is 2.40. The molecular formula is C23H30O6. The summed E-state index contributed by atoms with van der Waals surface area (Å²) in [6.07, 6.45) is 4.27. The Bertz CT molecular complexity index is 739. The van der Waals surface area contributed by atoms with E-state index < -0.39 is 0 Å². The van der Waals surface area contributed by atoms with E-state index in [1.165, 1.54) is 0 Å². The van der Waals surface area contributed by atoms with Crippen LogP contribution in [0, 0.1) is 0 Å². The Balaban J connectivity index is 2.25. The normalized spacial score (nSPS) is 15.0. The highest BCUT2D eigenvalue weighted by molar-refractivity contribution is 5.61. The molecule has 0 N–H and O–H groups in total. The fourth-order valence-corrected chi connectivity index (χ4v) is 4.44. The van der Waals surface area contributed by atoms with Gasteiger partial charge in [0.15, 0.2) is 23.0 Å². The van der Waals surface area contributed by atoms with Crippen LogP contribution in [0.5, 0.6) is 34.5 Å². The van der Waals surface area contributed by atoms with Crippen molar-refractivity contribution < 1.29 is 28.4 Å². The number of hydrogen-bond donors (Lipinski definition) is 0. The van der Waals surface area contributed by atoms with E-state index in [0.717, 1.165) is 36.8 Å². The SMILES string of the molecule is COc1cc(C2(c3cc(OC)c(OC)c(OC)c3)CCCC2)cc(OC)c1OC. The van der Waals surface area contributed by atoms with Crippen molar-refractivity contribution in [2.24, 2.45) is 0 Å². The lowest BCUT2D eigenvalue weighted by Gasteiger charge is -2.32. The Hall–Kier alpha value is -2.76. The van der Waals surface area contributed by atoms with Crippen LogP contribution in [0.25, 0.3) is 0 Å². The zero-order valence-corrected chi connectivity index (χ0v) is 18.1. The zero-order valence-electron chi connectivity index (χ0n) is 18.1. The Labute approximate surface area is 172 Å². The van der Waals surface area contributed by atoms with Crippen molar-refractivity contribution in [1.82, 2.24) is 0 Å². The van der Waals surface area contributed by atoms with Crippen molar-refractivity contribution in [2.45, 2.75) is 31.1 Å². The van der Waals surface area contributed by atoms with Crippen molar-refractivity contribution in [3.05, 3.63) is 35.4 Å². The topological polar surface area (TPSA) is 55.4 Å². The Morgan fingerprint density at radius 2 is 0.828 bits per heavy atom. The second-order valence-electron chi connectivity index (χ2n) is 7.12. The molecular weight excluding hydrogens is 372 g/mol. The summed E-state index contributed by atoms with van der Waals surface area (Å²) in [7, 11) is 9.79. The molecule has 3 rings (SSSR count). The van der Waals surface area contributed by atoms with Crippen molar-refractivity contribution in [3.63, 3.8) is 0 Å². The molecule has 29 heavy (non-hydrogen) atoms. The fourth-order valence-electron chi connectivity index (χ4n) is 4.44. The smallest absolute Gasteiger partial charge is 0.203 e. The predicted molar refractivity (Wildman–Crippen MR) is 111 cm³/mol. The Kier molecular flexibility index (Phi) is 6.30. The predicted octanol–water partition coefficient (Wildman–Crippen LogP) is 4.60. The van der Waals surface area contributed by atoms with Crippen molar-refractivity contribution in [1.29, 1.82) is 0 Å². The molecule has 0 bridgehead atoms. The van der Waals surface area contributed by atoms with Crippen molar-refractivity contribution in [2.75, 3.05) is 42.7 Å². The molecule has 0 heterocycles. The van der Waals surface area contributed by atoms with E-state index >= 15 is 0 Å². The van der Waals surface area contributed by atoms with Gasteiger partial charge in [0.2, 0.25) is 11.5 Å². The molecule has 2 aromatic carbocycles. The molecule has 0 unspecified atom stereocenters. The van der Waals surface area contributed by atoms with Crippen LogP contribution < -0.4 is 28.4 Å². The molecule has 1 aliphatic carbocycles. The van der Waals surface area contributed by atoms with Gasteiger partial charge in [-0.25, -0.2) is 0 Å². The average molecular weight is 402 g/mol. The van der Waals surface area contributed by atoms with Crippen molar-refractivity contribution in [3.8, 4) is 34.5 Å². The minimum atomic E-state index is -0.209. The minimum absolute atomic E-state index is 0.209. The van der Waals surface area contributed by atoms with Gasteiger partial charge in [-0.15, -0.1) is 0 Å². The Morgan fingerprint density at radius 3 is 1.07 bits per heavy atom. The van der Waals surface area contributed by atoms with Gasteiger partial charge in [0, 0.05) is 5.41 Å². The molecule has 0 saturated heterocycles. The zero-order chi connectivity index (χ0) is 21.0. The van der Waals surface area contributed by atoms with Gasteiger partial charge in [0.05, 0.1) is 42.7 Å². The molecule has 0 aromatic heterocycles. The number of benzene rings is 2. The summed E-state index contributed by atoms with van der Waals surface area (Å²) in [5.74, 6) is 3.80. The monoisotopic (exact) mass is 402 g/mol. The van der Waals surface area contributed by atoms with Gasteiger partial charge >= 0.3 is 0 Å². The lowest BCUT2D eigenvalue weighted by Crippen LogP contribution is -2.24. The van der Waals surface area contributed by atoms with Crippen LogP contribution in [0.3, 0.4) is 0 Å². The van der Waals surface area contributed by atoms with E-state index in [0.29, 0.717) is 34.5 Å². The third-order valence-electron chi connectivity index (χ3n) is 5.89. The lowest BCUT2D eigenvalue weighted by molar-refractivity contribution is 0.320. The Morgan fingerprint density at radius 1 is 0.517 bits per heavy atom. The molecule has 0 spiro atoms. The van der Waals surface area contributed by atoms with Crippen LogP contribution >= 0.6 is 0 Å². The first-order chi connectivity index (χ1) is 14.1. The molecule has 0 aliphatic heterocycles. The minimum Gasteiger partial charge on any atom is -0.493 e. The second kappa shape index (κ2) is 8.72. The molecule has 6 heteroatoms. The van der Waals surface area contributed by atoms with Crippen LogP contribution in [0.2, 0.25) is 0 Å². The van der Waals surface area contributed by atoms with Gasteiger partial charge in [-0.05, 0) is 48.2 Å². The number of rotatable bonds is 8. The first kappa shape index (κ1) is 21.0. The average Bonchev–Trinajstić information content (AvgIpc) is 3.27. The first-order valence-electron chi connectivity index (χ1n) is 9.69. The molecule has 2 aromatic rings. The van der Waals surface area contributed by atoms with Crippen LogP contribution in [-0.2, 0) is 5.41 Å². The van der Waals surface area contributed by atoms with Crippen molar-refractivity contribution >= 4 is 0 Å². The maximum Gasteiger partial charge on any atom is 0.203 e. The summed E-state index contributed by atoms with van der Waals surface area (Å²) in [6, 6.07) is 8.21. The molecule has 1 saturated carbocycles. The molecule has 0 atom stereocenters. The van der Waals surface area contributed by atoms with E-state index in [9.17, 15) is 0 Å². The van der Waals surface area contributed by atoms with Crippen LogP contribution in [0.1, 0.15) is 36.8 Å². The standard InChI is InChI=1S/C23H30O6/c1-24-17-11-15(12-18(25-2)21(17)28-5)23(9-7-8-10-23)16-13-19(26-3)22(29-6)20(14-16)27-4/h11-14H,7-10H2,1-6H3. The highest BCUT2D eigenvalue weighted by atomic mass is 16.5. The molecule has 1 aliphatic rings. The fraction of sp³-hybridized carbons (Fsp3) is 0.478. The van der Waals surface area contributed by atoms with E-state index in [1.807, 2.05) is 0 Å². The van der Waals surface area contributed by atoms with E-state index in [1.54, 1.807) is 42.7 Å². The second-order valence-corrected chi connectivity index (χ2v) is 7.12. The van der Waals surface area contributed by atoms with Gasteiger partial charge < -0.3 is 28.4 Å². The number of hydrogen-bond acceptors (Lipinski definition) is 6. The van der Waals surface area contributed by atoms with Gasteiger partial charge in [0.1, 0.15) is 0 Å². The van der Waals surface area contributed by atoms with E-state index in [-0.39, 0.29) is 5.41 Å². The maximum atomic E-state index is 5.61. The summed E-state index contributed by atoms with van der Waals surface area (Å²) in [4.78, 5) is 0. The van der Waals surface area contributed by atoms with E-state index in [4.69, 9.17) is 28.4 Å². The lowest BCUT2D eigenvalue weighted by atomic mass is 9.72. The maximum absolute atomic E-state index is 5.61. The molecule has 0 radical (unpaired) electrons.